The van der Waals surface area contributed by atoms with Crippen molar-refractivity contribution in [3.8, 4) is 0 Å². The van der Waals surface area contributed by atoms with Crippen molar-refractivity contribution in [2.45, 2.75) is 6.54 Å². The van der Waals surface area contributed by atoms with Crippen LogP contribution in [0.2, 0.25) is 0 Å². The molecule has 0 saturated heterocycles. The maximum absolute atomic E-state index is 11.7. The van der Waals surface area contributed by atoms with Crippen molar-refractivity contribution in [1.82, 2.24) is 20.0 Å². The SMILES string of the molecule is Nc1cnn(CC(=O)Nc2nc3ccccc3o2)n1. The van der Waals surface area contributed by atoms with Crippen LogP contribution in [0.25, 0.3) is 11.1 Å². The molecule has 0 aliphatic rings. The molecular formula is C11H10N6O2. The summed E-state index contributed by atoms with van der Waals surface area (Å²) in [6.07, 6.45) is 1.37. The molecule has 0 aliphatic carbocycles. The molecule has 19 heavy (non-hydrogen) atoms. The number of nitrogens with one attached hydrogen (secondary N) is 1. The summed E-state index contributed by atoms with van der Waals surface area (Å²) in [6, 6.07) is 7.38. The van der Waals surface area contributed by atoms with Crippen molar-refractivity contribution < 1.29 is 9.21 Å². The monoisotopic (exact) mass is 258 g/mol. The molecule has 2 heterocycles. The van der Waals surface area contributed by atoms with E-state index >= 15 is 0 Å². The number of para-hydroxylation sites is 2. The predicted molar refractivity (Wildman–Crippen MR) is 67.1 cm³/mol. The van der Waals surface area contributed by atoms with Crippen LogP contribution < -0.4 is 11.1 Å². The Morgan fingerprint density at radius 3 is 3.00 bits per heavy atom. The number of carbonyl (C=O) groups excluding carboxylic acids is 1. The molecule has 0 radical (unpaired) electrons. The van der Waals surface area contributed by atoms with E-state index in [1.807, 2.05) is 12.1 Å². The molecule has 2 aromatic heterocycles. The van der Waals surface area contributed by atoms with Crippen LogP contribution in [-0.4, -0.2) is 25.9 Å². The van der Waals surface area contributed by atoms with E-state index in [1.165, 1.54) is 11.0 Å². The van der Waals surface area contributed by atoms with Crippen molar-refractivity contribution in [3.05, 3.63) is 30.5 Å². The van der Waals surface area contributed by atoms with Crippen LogP contribution in [0.1, 0.15) is 0 Å². The van der Waals surface area contributed by atoms with Gasteiger partial charge in [0.25, 0.3) is 5.91 Å². The smallest absolute Gasteiger partial charge is 0.302 e. The van der Waals surface area contributed by atoms with Gasteiger partial charge in [-0.1, -0.05) is 12.1 Å². The number of nitrogen functional groups attached to an aromatic ring is 1. The first kappa shape index (κ1) is 11.2. The lowest BCUT2D eigenvalue weighted by molar-refractivity contribution is -0.117. The minimum absolute atomic E-state index is 0.0596. The van der Waals surface area contributed by atoms with Gasteiger partial charge in [-0.2, -0.15) is 14.9 Å². The van der Waals surface area contributed by atoms with Gasteiger partial charge < -0.3 is 10.2 Å². The van der Waals surface area contributed by atoms with Gasteiger partial charge in [0.05, 0.1) is 6.20 Å². The fourth-order valence-electron chi connectivity index (χ4n) is 1.60. The van der Waals surface area contributed by atoms with E-state index < -0.39 is 0 Å². The third-order valence-electron chi connectivity index (χ3n) is 2.38. The number of aromatic nitrogens is 4. The lowest BCUT2D eigenvalue weighted by Crippen LogP contribution is -2.20. The largest absolute Gasteiger partial charge is 0.423 e. The van der Waals surface area contributed by atoms with Crippen molar-refractivity contribution in [3.63, 3.8) is 0 Å². The minimum Gasteiger partial charge on any atom is -0.423 e. The van der Waals surface area contributed by atoms with E-state index in [1.54, 1.807) is 12.1 Å². The summed E-state index contributed by atoms with van der Waals surface area (Å²) in [4.78, 5) is 17.0. The van der Waals surface area contributed by atoms with Crippen LogP contribution >= 0.6 is 0 Å². The van der Waals surface area contributed by atoms with E-state index in [-0.39, 0.29) is 24.3 Å². The van der Waals surface area contributed by atoms with Gasteiger partial charge in [0.15, 0.2) is 11.4 Å². The van der Waals surface area contributed by atoms with Crippen molar-refractivity contribution >= 4 is 28.8 Å². The van der Waals surface area contributed by atoms with Crippen LogP contribution in [-0.2, 0) is 11.3 Å². The summed E-state index contributed by atoms with van der Waals surface area (Å²) in [7, 11) is 0. The topological polar surface area (TPSA) is 112 Å². The van der Waals surface area contributed by atoms with Gasteiger partial charge in [-0.15, -0.1) is 5.10 Å². The fraction of sp³-hybridized carbons (Fsp3) is 0.0909. The molecular weight excluding hydrogens is 248 g/mol. The number of fused-ring (bicyclic) bond motifs is 1. The molecule has 0 bridgehead atoms. The lowest BCUT2D eigenvalue weighted by atomic mass is 10.3. The van der Waals surface area contributed by atoms with Crippen molar-refractivity contribution in [1.29, 1.82) is 0 Å². The van der Waals surface area contributed by atoms with E-state index in [9.17, 15) is 4.79 Å². The first-order chi connectivity index (χ1) is 9.20. The number of amides is 1. The second kappa shape index (κ2) is 4.41. The molecule has 1 aromatic carbocycles. The third-order valence-corrected chi connectivity index (χ3v) is 2.38. The zero-order valence-electron chi connectivity index (χ0n) is 9.78. The molecule has 96 valence electrons. The van der Waals surface area contributed by atoms with Gasteiger partial charge in [-0.25, -0.2) is 0 Å². The number of oxazole rings is 1. The standard InChI is InChI=1S/C11H10N6O2/c12-9-5-13-17(16-9)6-10(18)15-11-14-7-3-1-2-4-8(7)19-11/h1-5H,6H2,(H2,12,16)(H,14,15,18). The Bertz CT molecular complexity index is 698. The van der Waals surface area contributed by atoms with Crippen LogP contribution in [0.5, 0.6) is 0 Å². The number of nitrogens with two attached hydrogens (primary N) is 1. The Labute approximate surface area is 107 Å². The zero-order valence-corrected chi connectivity index (χ0v) is 9.78. The molecule has 0 aliphatic heterocycles. The highest BCUT2D eigenvalue weighted by Gasteiger charge is 2.10. The third kappa shape index (κ3) is 2.37. The molecule has 3 aromatic rings. The first-order valence-electron chi connectivity index (χ1n) is 5.52. The van der Waals surface area contributed by atoms with E-state index in [0.717, 1.165) is 0 Å². The number of carbonyl (C=O) groups is 1. The average Bonchev–Trinajstić information content (AvgIpc) is 2.94. The summed E-state index contributed by atoms with van der Waals surface area (Å²) in [5.74, 6) is -0.0863. The van der Waals surface area contributed by atoms with Gasteiger partial charge >= 0.3 is 6.01 Å². The van der Waals surface area contributed by atoms with Gasteiger partial charge in [0.1, 0.15) is 12.1 Å². The maximum atomic E-state index is 11.7. The summed E-state index contributed by atoms with van der Waals surface area (Å²) < 4.78 is 5.36. The zero-order chi connectivity index (χ0) is 13.2. The summed E-state index contributed by atoms with van der Waals surface area (Å²) in [5, 5.41) is 10.1. The Kier molecular flexibility index (Phi) is 2.60. The number of rotatable bonds is 3. The Balaban J connectivity index is 1.72. The minimum atomic E-state index is -0.345. The Hall–Kier alpha value is -2.90. The van der Waals surface area contributed by atoms with Gasteiger partial charge in [-0.3, -0.25) is 10.1 Å². The Morgan fingerprint density at radius 2 is 2.26 bits per heavy atom. The molecule has 0 fully saturated rings. The molecule has 8 heteroatoms. The molecule has 3 rings (SSSR count). The molecule has 1 amide bonds. The van der Waals surface area contributed by atoms with Gasteiger partial charge in [0.2, 0.25) is 0 Å². The number of benzene rings is 1. The van der Waals surface area contributed by atoms with Crippen LogP contribution in [0, 0.1) is 0 Å². The summed E-state index contributed by atoms with van der Waals surface area (Å²) >= 11 is 0. The quantitative estimate of drug-likeness (QED) is 0.713. The maximum Gasteiger partial charge on any atom is 0.302 e. The number of hydrogen-bond acceptors (Lipinski definition) is 6. The summed E-state index contributed by atoms with van der Waals surface area (Å²) in [6.45, 7) is -0.0596. The van der Waals surface area contributed by atoms with Crippen molar-refractivity contribution in [2.75, 3.05) is 11.1 Å². The molecule has 0 unspecified atom stereocenters. The predicted octanol–water partition coefficient (Wildman–Crippen LogP) is 0.640. The fourth-order valence-corrected chi connectivity index (χ4v) is 1.60. The molecule has 0 atom stereocenters. The van der Waals surface area contributed by atoms with Gasteiger partial charge in [0, 0.05) is 0 Å². The molecule has 0 spiro atoms. The van der Waals surface area contributed by atoms with Crippen LogP contribution in [0.15, 0.2) is 34.9 Å². The second-order valence-electron chi connectivity index (χ2n) is 3.83. The normalized spacial score (nSPS) is 10.7. The van der Waals surface area contributed by atoms with Crippen LogP contribution in [0.3, 0.4) is 0 Å². The highest BCUT2D eigenvalue weighted by atomic mass is 16.4. The first-order valence-corrected chi connectivity index (χ1v) is 5.52. The second-order valence-corrected chi connectivity index (χ2v) is 3.83. The molecule has 8 nitrogen and oxygen atoms in total. The van der Waals surface area contributed by atoms with Crippen molar-refractivity contribution in [2.24, 2.45) is 0 Å². The van der Waals surface area contributed by atoms with E-state index in [0.29, 0.717) is 11.1 Å². The van der Waals surface area contributed by atoms with E-state index in [4.69, 9.17) is 10.2 Å². The van der Waals surface area contributed by atoms with Gasteiger partial charge in [-0.05, 0) is 12.1 Å². The molecule has 3 N–H and O–H groups in total. The van der Waals surface area contributed by atoms with Crippen LogP contribution in [0.4, 0.5) is 11.8 Å². The highest BCUT2D eigenvalue weighted by molar-refractivity contribution is 5.89. The van der Waals surface area contributed by atoms with E-state index in [2.05, 4.69) is 20.5 Å². The molecule has 0 saturated carbocycles. The number of nitrogens with zero attached hydrogens (tertiary/aromatic N) is 4. The Morgan fingerprint density at radius 1 is 1.42 bits per heavy atom. The highest BCUT2D eigenvalue weighted by Crippen LogP contribution is 2.17. The average molecular weight is 258 g/mol. The number of hydrogen-bond donors (Lipinski definition) is 2. The number of anilines is 2. The lowest BCUT2D eigenvalue weighted by Gasteiger charge is -1.99. The summed E-state index contributed by atoms with van der Waals surface area (Å²) in [5.41, 5.74) is 6.69.